The molecule has 0 aromatic heterocycles. The number of methoxy groups -OCH3 is 2. The highest BCUT2D eigenvalue weighted by Gasteiger charge is 2.39. The van der Waals surface area contributed by atoms with Crippen molar-refractivity contribution in [3.8, 4) is 11.5 Å². The molecule has 2 aliphatic rings. The van der Waals surface area contributed by atoms with Crippen LogP contribution in [0.5, 0.6) is 11.5 Å². The van der Waals surface area contributed by atoms with Gasteiger partial charge in [0.05, 0.1) is 13.2 Å². The second-order valence-electron chi connectivity index (χ2n) is 6.55. The van der Waals surface area contributed by atoms with E-state index in [2.05, 4.69) is 36.4 Å². The first-order valence-corrected chi connectivity index (χ1v) is 8.85. The van der Waals surface area contributed by atoms with Crippen LogP contribution in [-0.2, 0) is 9.47 Å². The van der Waals surface area contributed by atoms with E-state index in [-0.39, 0.29) is 0 Å². The van der Waals surface area contributed by atoms with Crippen LogP contribution in [0.15, 0.2) is 36.4 Å². The van der Waals surface area contributed by atoms with Crippen molar-refractivity contribution in [1.29, 1.82) is 0 Å². The molecular formula is C21H24O4. The molecule has 0 radical (unpaired) electrons. The SMILES string of the molecule is COCCOc1c2c(c(OCCOC)c3ccccc13)C1C=CC2C1. The van der Waals surface area contributed by atoms with Gasteiger partial charge in [0.15, 0.2) is 0 Å². The molecule has 2 unspecified atom stereocenters. The molecule has 0 saturated carbocycles. The maximum Gasteiger partial charge on any atom is 0.131 e. The Balaban J connectivity index is 1.85. The lowest BCUT2D eigenvalue weighted by atomic mass is 9.90. The van der Waals surface area contributed by atoms with Crippen LogP contribution in [0.25, 0.3) is 10.8 Å². The van der Waals surface area contributed by atoms with Gasteiger partial charge in [0.2, 0.25) is 0 Å². The fourth-order valence-electron chi connectivity index (χ4n) is 4.04. The molecule has 0 heterocycles. The Morgan fingerprint density at radius 3 is 1.68 bits per heavy atom. The molecule has 132 valence electrons. The molecule has 2 aliphatic carbocycles. The van der Waals surface area contributed by atoms with Crippen LogP contribution in [0.1, 0.15) is 29.4 Å². The predicted octanol–water partition coefficient (Wildman–Crippen LogP) is 4.03. The third kappa shape index (κ3) is 2.79. The normalized spacial score (nSPS) is 20.2. The summed E-state index contributed by atoms with van der Waals surface area (Å²) in [5, 5.41) is 2.23. The van der Waals surface area contributed by atoms with Gasteiger partial charge in [0.1, 0.15) is 24.7 Å². The summed E-state index contributed by atoms with van der Waals surface area (Å²) in [7, 11) is 3.40. The quantitative estimate of drug-likeness (QED) is 0.537. The number of hydrogen-bond donors (Lipinski definition) is 0. The molecule has 0 fully saturated rings. The fraction of sp³-hybridized carbons (Fsp3) is 0.429. The molecule has 4 heteroatoms. The summed E-state index contributed by atoms with van der Waals surface area (Å²) >= 11 is 0. The maximum atomic E-state index is 6.20. The van der Waals surface area contributed by atoms with Crippen molar-refractivity contribution < 1.29 is 18.9 Å². The highest BCUT2D eigenvalue weighted by Crippen LogP contribution is 2.58. The Kier molecular flexibility index (Phi) is 4.64. The molecule has 2 atom stereocenters. The Morgan fingerprint density at radius 2 is 1.24 bits per heavy atom. The van der Waals surface area contributed by atoms with Gasteiger partial charge in [0.25, 0.3) is 0 Å². The average Bonchev–Trinajstić information content (AvgIpc) is 3.25. The topological polar surface area (TPSA) is 36.9 Å². The second-order valence-corrected chi connectivity index (χ2v) is 6.55. The minimum absolute atomic E-state index is 0.423. The van der Waals surface area contributed by atoms with Gasteiger partial charge in [-0.15, -0.1) is 0 Å². The molecule has 0 saturated heterocycles. The molecule has 2 aromatic carbocycles. The van der Waals surface area contributed by atoms with E-state index >= 15 is 0 Å². The van der Waals surface area contributed by atoms with Crippen molar-refractivity contribution in [3.05, 3.63) is 47.5 Å². The molecule has 0 aliphatic heterocycles. The number of ether oxygens (including phenoxy) is 4. The van der Waals surface area contributed by atoms with Crippen molar-refractivity contribution in [2.24, 2.45) is 0 Å². The lowest BCUT2D eigenvalue weighted by Gasteiger charge is -2.23. The number of fused-ring (bicyclic) bond motifs is 6. The molecule has 2 bridgehead atoms. The second kappa shape index (κ2) is 7.06. The molecule has 0 amide bonds. The Bertz CT molecular complexity index is 732. The average molecular weight is 340 g/mol. The number of allylic oxidation sites excluding steroid dienone is 2. The molecule has 0 N–H and O–H groups in total. The first-order chi connectivity index (χ1) is 12.3. The van der Waals surface area contributed by atoms with Gasteiger partial charge in [0, 0.05) is 48.0 Å². The first-order valence-electron chi connectivity index (χ1n) is 8.85. The van der Waals surface area contributed by atoms with Crippen molar-refractivity contribution in [2.75, 3.05) is 40.6 Å². The highest BCUT2D eigenvalue weighted by atomic mass is 16.5. The Labute approximate surface area is 148 Å². The van der Waals surface area contributed by atoms with Crippen LogP contribution < -0.4 is 9.47 Å². The van der Waals surface area contributed by atoms with Gasteiger partial charge in [-0.25, -0.2) is 0 Å². The fourth-order valence-corrected chi connectivity index (χ4v) is 4.04. The standard InChI is InChI=1S/C21H24O4/c1-22-9-11-24-20-16-5-3-4-6-17(16)21(25-12-10-23-2)19-15-8-7-14(13-15)18(19)20/h3-8,14-15H,9-13H2,1-2H3. The first kappa shape index (κ1) is 16.4. The van der Waals surface area contributed by atoms with Crippen molar-refractivity contribution in [3.63, 3.8) is 0 Å². The molecule has 4 rings (SSSR count). The van der Waals surface area contributed by atoms with Gasteiger partial charge in [-0.2, -0.15) is 0 Å². The lowest BCUT2D eigenvalue weighted by Crippen LogP contribution is -2.11. The summed E-state index contributed by atoms with van der Waals surface area (Å²) < 4.78 is 22.7. The predicted molar refractivity (Wildman–Crippen MR) is 97.9 cm³/mol. The summed E-state index contributed by atoms with van der Waals surface area (Å²) in [6, 6.07) is 8.35. The zero-order valence-electron chi connectivity index (χ0n) is 14.8. The van der Waals surface area contributed by atoms with E-state index in [1.54, 1.807) is 14.2 Å². The van der Waals surface area contributed by atoms with Crippen molar-refractivity contribution in [2.45, 2.75) is 18.3 Å². The number of hydrogen-bond acceptors (Lipinski definition) is 4. The lowest BCUT2D eigenvalue weighted by molar-refractivity contribution is 0.145. The van der Waals surface area contributed by atoms with Gasteiger partial charge < -0.3 is 18.9 Å². The summed E-state index contributed by atoms with van der Waals surface area (Å²) in [4.78, 5) is 0. The smallest absolute Gasteiger partial charge is 0.131 e. The van der Waals surface area contributed by atoms with Crippen LogP contribution in [0, 0.1) is 0 Å². The molecule has 25 heavy (non-hydrogen) atoms. The summed E-state index contributed by atoms with van der Waals surface area (Å²) in [5.74, 6) is 2.84. The molecule has 0 spiro atoms. The van der Waals surface area contributed by atoms with Gasteiger partial charge in [-0.1, -0.05) is 36.4 Å². The highest BCUT2D eigenvalue weighted by molar-refractivity contribution is 5.97. The Morgan fingerprint density at radius 1 is 0.760 bits per heavy atom. The third-order valence-electron chi connectivity index (χ3n) is 5.09. The minimum Gasteiger partial charge on any atom is -0.490 e. The van der Waals surface area contributed by atoms with E-state index in [0.717, 1.165) is 28.7 Å². The van der Waals surface area contributed by atoms with E-state index < -0.39 is 0 Å². The van der Waals surface area contributed by atoms with Crippen molar-refractivity contribution >= 4 is 10.8 Å². The van der Waals surface area contributed by atoms with Gasteiger partial charge >= 0.3 is 0 Å². The van der Waals surface area contributed by atoms with E-state index in [4.69, 9.17) is 18.9 Å². The van der Waals surface area contributed by atoms with Crippen LogP contribution in [-0.4, -0.2) is 40.6 Å². The van der Waals surface area contributed by atoms with E-state index in [1.165, 1.54) is 11.1 Å². The molecular weight excluding hydrogens is 316 g/mol. The summed E-state index contributed by atoms with van der Waals surface area (Å²) in [5.41, 5.74) is 2.60. The van der Waals surface area contributed by atoms with Gasteiger partial charge in [-0.05, 0) is 6.42 Å². The molecule has 4 nitrogen and oxygen atoms in total. The van der Waals surface area contributed by atoms with Crippen LogP contribution in [0.4, 0.5) is 0 Å². The number of rotatable bonds is 8. The largest absolute Gasteiger partial charge is 0.490 e. The number of benzene rings is 2. The minimum atomic E-state index is 0.423. The maximum absolute atomic E-state index is 6.20. The Hall–Kier alpha value is -2.04. The zero-order chi connectivity index (χ0) is 17.2. The van der Waals surface area contributed by atoms with Crippen LogP contribution in [0.3, 0.4) is 0 Å². The summed E-state index contributed by atoms with van der Waals surface area (Å²) in [6.45, 7) is 2.27. The van der Waals surface area contributed by atoms with Crippen LogP contribution >= 0.6 is 0 Å². The van der Waals surface area contributed by atoms with E-state index in [0.29, 0.717) is 38.3 Å². The monoisotopic (exact) mass is 340 g/mol. The van der Waals surface area contributed by atoms with Gasteiger partial charge in [-0.3, -0.25) is 0 Å². The van der Waals surface area contributed by atoms with E-state index in [9.17, 15) is 0 Å². The molecule has 2 aromatic rings. The van der Waals surface area contributed by atoms with E-state index in [1.807, 2.05) is 0 Å². The van der Waals surface area contributed by atoms with Crippen LogP contribution in [0.2, 0.25) is 0 Å². The third-order valence-corrected chi connectivity index (χ3v) is 5.09. The zero-order valence-corrected chi connectivity index (χ0v) is 14.8. The van der Waals surface area contributed by atoms with Crippen molar-refractivity contribution in [1.82, 2.24) is 0 Å². The summed E-state index contributed by atoms with van der Waals surface area (Å²) in [6.07, 6.45) is 5.74.